The molecule has 2 unspecified atom stereocenters. The van der Waals surface area contributed by atoms with Crippen LogP contribution >= 0.6 is 0 Å². The first kappa shape index (κ1) is 27.0. The van der Waals surface area contributed by atoms with E-state index in [1.807, 2.05) is 6.92 Å². The maximum atomic E-state index is 9.81. The highest BCUT2D eigenvalue weighted by atomic mass is 16.5. The average molecular weight is 292 g/mol. The second kappa shape index (κ2) is 22.8. The predicted molar refractivity (Wildman–Crippen MR) is 77.6 cm³/mol. The Morgan fingerprint density at radius 2 is 1.55 bits per heavy atom. The second-order valence-electron chi connectivity index (χ2n) is 3.77. The summed E-state index contributed by atoms with van der Waals surface area (Å²) in [6.45, 7) is 4.82. The smallest absolute Gasteiger partial charge is 0.136 e. The van der Waals surface area contributed by atoms with Crippen LogP contribution in [-0.4, -0.2) is 49.1 Å². The van der Waals surface area contributed by atoms with E-state index >= 15 is 0 Å². The number of methoxy groups -OCH3 is 1. The van der Waals surface area contributed by atoms with Gasteiger partial charge < -0.3 is 24.2 Å². The number of rotatable bonds is 7. The molecule has 0 aromatic heterocycles. The fraction of sp³-hybridized carbons (Fsp3) is 0.714. The van der Waals surface area contributed by atoms with Crippen LogP contribution in [0.2, 0.25) is 0 Å². The summed E-state index contributed by atoms with van der Waals surface area (Å²) in [5, 5.41) is 8.32. The Kier molecular flexibility index (Phi) is 30.7. The Morgan fingerprint density at radius 3 is 1.60 bits per heavy atom. The van der Waals surface area contributed by atoms with E-state index in [0.29, 0.717) is 19.0 Å². The van der Waals surface area contributed by atoms with Gasteiger partial charge in [-0.05, 0) is 20.8 Å². The third-order valence-corrected chi connectivity index (χ3v) is 1.64. The van der Waals surface area contributed by atoms with Crippen LogP contribution in [0.4, 0.5) is 0 Å². The van der Waals surface area contributed by atoms with E-state index in [2.05, 4.69) is 0 Å². The first-order chi connectivity index (χ1) is 8.85. The third kappa shape index (κ3) is 43.8. The van der Waals surface area contributed by atoms with Gasteiger partial charge in [-0.3, -0.25) is 4.79 Å². The van der Waals surface area contributed by atoms with Crippen LogP contribution in [0, 0.1) is 0 Å². The number of aliphatic hydroxyl groups excluding tert-OH is 1. The summed E-state index contributed by atoms with van der Waals surface area (Å²) in [5.74, 6) is -0.0787. The molecule has 0 spiro atoms. The average Bonchev–Trinajstić information content (AvgIpc) is 2.30. The van der Waals surface area contributed by atoms with Gasteiger partial charge >= 0.3 is 0 Å². The molecule has 0 rings (SSSR count). The fourth-order valence-electron chi connectivity index (χ4n) is 0.488. The van der Waals surface area contributed by atoms with E-state index in [9.17, 15) is 19.2 Å². The lowest BCUT2D eigenvalue weighted by molar-refractivity contribution is -0.120. The van der Waals surface area contributed by atoms with Crippen molar-refractivity contribution in [3.05, 3.63) is 0 Å². The van der Waals surface area contributed by atoms with Crippen molar-refractivity contribution in [2.75, 3.05) is 7.11 Å². The summed E-state index contributed by atoms with van der Waals surface area (Å²) >= 11 is 0. The Bertz CT molecular complexity index is 238. The largest absolute Gasteiger partial charge is 0.393 e. The number of ketones is 1. The highest BCUT2D eigenvalue weighted by Crippen LogP contribution is 1.88. The lowest BCUT2D eigenvalue weighted by atomic mass is 10.3. The first-order valence-corrected chi connectivity index (χ1v) is 5.86. The van der Waals surface area contributed by atoms with Crippen molar-refractivity contribution in [3.63, 3.8) is 0 Å². The Morgan fingerprint density at radius 1 is 1.10 bits per heavy atom. The van der Waals surface area contributed by atoms with Gasteiger partial charge in [0.25, 0.3) is 0 Å². The predicted octanol–water partition coefficient (Wildman–Crippen LogP) is 1.37. The molecule has 0 heterocycles. The van der Waals surface area contributed by atoms with Crippen LogP contribution in [0.25, 0.3) is 0 Å². The van der Waals surface area contributed by atoms with Gasteiger partial charge in [0, 0.05) is 20.0 Å². The SMILES string of the molecule is C.CC(=O)CC=O.CC(O)CC=O.COC(C)CC=O. The molecule has 120 valence electrons. The molecule has 0 bridgehead atoms. The minimum atomic E-state index is -0.470. The molecule has 20 heavy (non-hydrogen) atoms. The number of hydrogen-bond acceptors (Lipinski definition) is 6. The zero-order valence-corrected chi connectivity index (χ0v) is 12.0. The molecule has 2 atom stereocenters. The molecule has 1 N–H and O–H groups in total. The quantitative estimate of drug-likeness (QED) is 0.562. The van der Waals surface area contributed by atoms with Crippen molar-refractivity contribution in [1.29, 1.82) is 0 Å². The van der Waals surface area contributed by atoms with E-state index in [4.69, 9.17) is 9.84 Å². The number of aliphatic hydroxyl groups is 1. The van der Waals surface area contributed by atoms with Gasteiger partial charge in [-0.25, -0.2) is 0 Å². The minimum Gasteiger partial charge on any atom is -0.393 e. The summed E-state index contributed by atoms with van der Waals surface area (Å²) in [6.07, 6.45) is 2.57. The molecule has 0 radical (unpaired) electrons. The summed E-state index contributed by atoms with van der Waals surface area (Å²) in [6, 6.07) is 0. The Balaban J connectivity index is -0.0000000941. The summed E-state index contributed by atoms with van der Waals surface area (Å²) in [5.41, 5.74) is 0. The van der Waals surface area contributed by atoms with Gasteiger partial charge in [0.1, 0.15) is 24.6 Å². The number of Topliss-reactive ketones (excluding diaryl/α,β-unsaturated/α-hetero) is 1. The molecule has 0 amide bonds. The van der Waals surface area contributed by atoms with Gasteiger partial charge in [-0.15, -0.1) is 0 Å². The van der Waals surface area contributed by atoms with Crippen LogP contribution < -0.4 is 0 Å². The van der Waals surface area contributed by atoms with E-state index in [-0.39, 0.29) is 32.2 Å². The molecular formula is C14H28O6. The maximum Gasteiger partial charge on any atom is 0.136 e. The van der Waals surface area contributed by atoms with Crippen LogP contribution in [0.5, 0.6) is 0 Å². The van der Waals surface area contributed by atoms with Crippen LogP contribution in [-0.2, 0) is 23.9 Å². The second-order valence-corrected chi connectivity index (χ2v) is 3.77. The molecule has 0 aromatic rings. The zero-order chi connectivity index (χ0) is 15.7. The number of aldehydes is 3. The van der Waals surface area contributed by atoms with Gasteiger partial charge in [-0.1, -0.05) is 7.43 Å². The van der Waals surface area contributed by atoms with Crippen molar-refractivity contribution < 1.29 is 29.0 Å². The minimum absolute atomic E-state index is 0. The Labute approximate surface area is 121 Å². The fourth-order valence-corrected chi connectivity index (χ4v) is 0.488. The van der Waals surface area contributed by atoms with Gasteiger partial charge in [-0.2, -0.15) is 0 Å². The molecule has 6 nitrogen and oxygen atoms in total. The van der Waals surface area contributed by atoms with E-state index < -0.39 is 6.10 Å². The summed E-state index contributed by atoms with van der Waals surface area (Å²) in [4.78, 5) is 38.4. The molecule has 0 aliphatic heterocycles. The highest BCUT2D eigenvalue weighted by Gasteiger charge is 1.93. The topological polar surface area (TPSA) is 97.7 Å². The maximum absolute atomic E-state index is 9.81. The summed E-state index contributed by atoms with van der Waals surface area (Å²) in [7, 11) is 1.59. The molecule has 0 aromatic carbocycles. The molecule has 0 saturated carbocycles. The van der Waals surface area contributed by atoms with Crippen molar-refractivity contribution in [2.45, 2.75) is 59.7 Å². The van der Waals surface area contributed by atoms with Crippen LogP contribution in [0.1, 0.15) is 47.5 Å². The van der Waals surface area contributed by atoms with Gasteiger partial charge in [0.05, 0.1) is 18.6 Å². The van der Waals surface area contributed by atoms with E-state index in [1.165, 1.54) is 6.92 Å². The molecule has 0 saturated heterocycles. The van der Waals surface area contributed by atoms with Gasteiger partial charge in [0.2, 0.25) is 0 Å². The van der Waals surface area contributed by atoms with Crippen molar-refractivity contribution >= 4 is 24.6 Å². The van der Waals surface area contributed by atoms with Gasteiger partial charge in [0.15, 0.2) is 0 Å². The van der Waals surface area contributed by atoms with E-state index in [1.54, 1.807) is 14.0 Å². The molecule has 0 fully saturated rings. The van der Waals surface area contributed by atoms with Crippen LogP contribution in [0.15, 0.2) is 0 Å². The molecular weight excluding hydrogens is 264 g/mol. The zero-order valence-electron chi connectivity index (χ0n) is 12.0. The standard InChI is InChI=1S/C5H10O2.C4H8O2.C4H6O2.CH4/c1-5(7-2)3-4-6;2*1-4(6)2-3-5;/h4-5H,3H2,1-2H3;3-4,6H,2H2,1H3;3H,2H2,1H3;1H4. The van der Waals surface area contributed by atoms with Crippen molar-refractivity contribution in [1.82, 2.24) is 0 Å². The molecule has 6 heteroatoms. The van der Waals surface area contributed by atoms with Crippen LogP contribution in [0.3, 0.4) is 0 Å². The number of ether oxygens (including phenoxy) is 1. The first-order valence-electron chi connectivity index (χ1n) is 5.86. The lowest BCUT2D eigenvalue weighted by Crippen LogP contribution is -2.03. The van der Waals surface area contributed by atoms with Crippen molar-refractivity contribution in [2.24, 2.45) is 0 Å². The highest BCUT2D eigenvalue weighted by molar-refractivity contribution is 5.87. The molecule has 0 aliphatic rings. The summed E-state index contributed by atoms with van der Waals surface area (Å²) < 4.78 is 4.76. The number of carbonyl (C=O) groups excluding carboxylic acids is 4. The monoisotopic (exact) mass is 292 g/mol. The number of hydrogen-bond donors (Lipinski definition) is 1. The lowest BCUT2D eigenvalue weighted by Gasteiger charge is -2.00. The third-order valence-electron chi connectivity index (χ3n) is 1.64. The number of carbonyl (C=O) groups is 4. The van der Waals surface area contributed by atoms with Crippen molar-refractivity contribution in [3.8, 4) is 0 Å². The normalized spacial score (nSPS) is 11.1. The molecule has 0 aliphatic carbocycles. The Hall–Kier alpha value is -1.40. The van der Waals surface area contributed by atoms with E-state index in [0.717, 1.165) is 6.29 Å².